The number of rotatable bonds is 2. The van der Waals surface area contributed by atoms with Crippen LogP contribution in [0.5, 0.6) is 5.75 Å². The van der Waals surface area contributed by atoms with Crippen LogP contribution in [0.1, 0.15) is 19.4 Å². The molecule has 1 rings (SSSR count). The van der Waals surface area contributed by atoms with E-state index >= 15 is 0 Å². The van der Waals surface area contributed by atoms with Crippen LogP contribution in [0.25, 0.3) is 0 Å². The molecule has 0 unspecified atom stereocenters. The number of benzene rings is 1. The molecule has 0 N–H and O–H groups in total. The Morgan fingerprint density at radius 2 is 2.08 bits per heavy atom. The summed E-state index contributed by atoms with van der Waals surface area (Å²) in [5, 5.41) is 0. The summed E-state index contributed by atoms with van der Waals surface area (Å²) in [6.45, 7) is 3.97. The molecule has 0 aliphatic carbocycles. The maximum Gasteiger partial charge on any atom is 0.122 e. The van der Waals surface area contributed by atoms with Gasteiger partial charge < -0.3 is 4.74 Å². The van der Waals surface area contributed by atoms with E-state index in [1.165, 1.54) is 0 Å². The molecule has 1 aromatic rings. The summed E-state index contributed by atoms with van der Waals surface area (Å²) >= 11 is 3.37. The molecule has 0 aliphatic heterocycles. The van der Waals surface area contributed by atoms with Crippen molar-refractivity contribution in [1.29, 1.82) is 0 Å². The first kappa shape index (κ1) is 10.1. The Morgan fingerprint density at radius 1 is 1.38 bits per heavy atom. The average molecular weight is 239 g/mol. The van der Waals surface area contributed by atoms with E-state index in [1.54, 1.807) is 0 Å². The molecule has 1 aromatic carbocycles. The number of ether oxygens (including phenoxy) is 1. The number of halogens is 1. The molecule has 1 nitrogen and oxygen atoms in total. The molecule has 2 heteroatoms. The highest BCUT2D eigenvalue weighted by Crippen LogP contribution is 2.21. The zero-order chi connectivity index (χ0) is 9.84. The zero-order valence-electron chi connectivity index (χ0n) is 7.67. The Bertz CT molecular complexity index is 336. The summed E-state index contributed by atoms with van der Waals surface area (Å²) in [6.07, 6.45) is 5.46. The molecular weight excluding hydrogens is 228 g/mol. The third kappa shape index (κ3) is 3.12. The van der Waals surface area contributed by atoms with Gasteiger partial charge in [-0.1, -0.05) is 21.9 Å². The summed E-state index contributed by atoms with van der Waals surface area (Å²) in [6, 6.07) is 5.64. The van der Waals surface area contributed by atoms with Crippen LogP contribution in [0.2, 0.25) is 0 Å². The van der Waals surface area contributed by atoms with Gasteiger partial charge in [0.15, 0.2) is 0 Å². The standard InChI is InChI=1S/C11H11BrO/c1-4-9-5-10(12)7-11(6-9)13-8(2)3/h1,5-8H,2-3H3. The van der Waals surface area contributed by atoms with Crippen LogP contribution < -0.4 is 4.74 Å². The third-order valence-corrected chi connectivity index (χ3v) is 1.87. The highest BCUT2D eigenvalue weighted by Gasteiger charge is 2.00. The van der Waals surface area contributed by atoms with Crippen LogP contribution in [-0.2, 0) is 0 Å². The first-order valence-electron chi connectivity index (χ1n) is 4.05. The van der Waals surface area contributed by atoms with Crippen LogP contribution >= 0.6 is 15.9 Å². The second-order valence-electron chi connectivity index (χ2n) is 2.99. The van der Waals surface area contributed by atoms with Gasteiger partial charge in [-0.25, -0.2) is 0 Å². The van der Waals surface area contributed by atoms with Crippen molar-refractivity contribution in [2.75, 3.05) is 0 Å². The van der Waals surface area contributed by atoms with Crippen molar-refractivity contribution >= 4 is 15.9 Å². The van der Waals surface area contributed by atoms with Gasteiger partial charge in [0.25, 0.3) is 0 Å². The summed E-state index contributed by atoms with van der Waals surface area (Å²) in [5.74, 6) is 3.37. The highest BCUT2D eigenvalue weighted by molar-refractivity contribution is 9.10. The predicted molar refractivity (Wildman–Crippen MR) is 57.8 cm³/mol. The van der Waals surface area contributed by atoms with Crippen molar-refractivity contribution in [1.82, 2.24) is 0 Å². The van der Waals surface area contributed by atoms with Crippen molar-refractivity contribution in [3.63, 3.8) is 0 Å². The SMILES string of the molecule is C#Cc1cc(Br)cc(OC(C)C)c1. The zero-order valence-corrected chi connectivity index (χ0v) is 9.26. The van der Waals surface area contributed by atoms with Gasteiger partial charge in [-0.2, -0.15) is 0 Å². The first-order valence-corrected chi connectivity index (χ1v) is 4.85. The van der Waals surface area contributed by atoms with E-state index in [0.29, 0.717) is 0 Å². The van der Waals surface area contributed by atoms with Gasteiger partial charge in [0.05, 0.1) is 6.10 Å². The van der Waals surface area contributed by atoms with Crippen molar-refractivity contribution in [2.24, 2.45) is 0 Å². The van der Waals surface area contributed by atoms with Gasteiger partial charge in [-0.3, -0.25) is 0 Å². The maximum atomic E-state index is 5.51. The first-order chi connectivity index (χ1) is 6.11. The van der Waals surface area contributed by atoms with E-state index in [4.69, 9.17) is 11.2 Å². The number of terminal acetylenes is 1. The summed E-state index contributed by atoms with van der Waals surface area (Å²) < 4.78 is 6.46. The van der Waals surface area contributed by atoms with E-state index in [0.717, 1.165) is 15.8 Å². The average Bonchev–Trinajstić information content (AvgIpc) is 2.01. The second kappa shape index (κ2) is 4.34. The van der Waals surface area contributed by atoms with Gasteiger partial charge in [-0.05, 0) is 32.0 Å². The Balaban J connectivity index is 2.96. The largest absolute Gasteiger partial charge is 0.491 e. The number of hydrogen-bond acceptors (Lipinski definition) is 1. The van der Waals surface area contributed by atoms with E-state index in [2.05, 4.69) is 21.9 Å². The molecule has 0 amide bonds. The maximum absolute atomic E-state index is 5.51. The lowest BCUT2D eigenvalue weighted by molar-refractivity contribution is 0.242. The normalized spacial score (nSPS) is 9.77. The van der Waals surface area contributed by atoms with Crippen LogP contribution in [0, 0.1) is 12.3 Å². The minimum Gasteiger partial charge on any atom is -0.491 e. The van der Waals surface area contributed by atoms with E-state index < -0.39 is 0 Å². The fourth-order valence-electron chi connectivity index (χ4n) is 0.986. The van der Waals surface area contributed by atoms with Crippen molar-refractivity contribution in [3.05, 3.63) is 28.2 Å². The Kier molecular flexibility index (Phi) is 3.39. The molecule has 0 aliphatic rings. The van der Waals surface area contributed by atoms with E-state index in [9.17, 15) is 0 Å². The molecular formula is C11H11BrO. The molecule has 68 valence electrons. The van der Waals surface area contributed by atoms with Gasteiger partial charge in [0.1, 0.15) is 5.75 Å². The van der Waals surface area contributed by atoms with Gasteiger partial charge in [0.2, 0.25) is 0 Å². The van der Waals surface area contributed by atoms with Crippen LogP contribution in [-0.4, -0.2) is 6.10 Å². The minimum atomic E-state index is 0.167. The third-order valence-electron chi connectivity index (χ3n) is 1.41. The Morgan fingerprint density at radius 3 is 2.62 bits per heavy atom. The Labute approximate surface area is 87.2 Å². The van der Waals surface area contributed by atoms with Gasteiger partial charge >= 0.3 is 0 Å². The molecule has 0 fully saturated rings. The molecule has 0 bridgehead atoms. The monoisotopic (exact) mass is 238 g/mol. The lowest BCUT2D eigenvalue weighted by Gasteiger charge is -2.10. The smallest absolute Gasteiger partial charge is 0.122 e. The topological polar surface area (TPSA) is 9.23 Å². The second-order valence-corrected chi connectivity index (χ2v) is 3.90. The van der Waals surface area contributed by atoms with Crippen molar-refractivity contribution in [3.8, 4) is 18.1 Å². The van der Waals surface area contributed by atoms with E-state index in [1.807, 2.05) is 32.0 Å². The van der Waals surface area contributed by atoms with Crippen molar-refractivity contribution < 1.29 is 4.74 Å². The molecule has 0 saturated heterocycles. The fraction of sp³-hybridized carbons (Fsp3) is 0.273. The fourth-order valence-corrected chi connectivity index (χ4v) is 1.46. The molecule has 0 saturated carbocycles. The highest BCUT2D eigenvalue weighted by atomic mass is 79.9. The van der Waals surface area contributed by atoms with Crippen molar-refractivity contribution in [2.45, 2.75) is 20.0 Å². The molecule has 0 aromatic heterocycles. The number of hydrogen-bond donors (Lipinski definition) is 0. The molecule has 0 atom stereocenters. The van der Waals surface area contributed by atoms with Crippen LogP contribution in [0.4, 0.5) is 0 Å². The molecule has 0 radical (unpaired) electrons. The van der Waals surface area contributed by atoms with E-state index in [-0.39, 0.29) is 6.10 Å². The lowest BCUT2D eigenvalue weighted by atomic mass is 10.2. The Hall–Kier alpha value is -0.940. The quantitative estimate of drug-likeness (QED) is 0.720. The van der Waals surface area contributed by atoms with Crippen LogP contribution in [0.15, 0.2) is 22.7 Å². The summed E-state index contributed by atoms with van der Waals surface area (Å²) in [4.78, 5) is 0. The van der Waals surface area contributed by atoms with Crippen LogP contribution in [0.3, 0.4) is 0 Å². The van der Waals surface area contributed by atoms with Gasteiger partial charge in [0, 0.05) is 10.0 Å². The molecule has 0 heterocycles. The predicted octanol–water partition coefficient (Wildman–Crippen LogP) is 3.22. The lowest BCUT2D eigenvalue weighted by Crippen LogP contribution is -2.05. The molecule has 0 spiro atoms. The summed E-state index contributed by atoms with van der Waals surface area (Å²) in [7, 11) is 0. The summed E-state index contributed by atoms with van der Waals surface area (Å²) in [5.41, 5.74) is 0.824. The molecule has 13 heavy (non-hydrogen) atoms. The minimum absolute atomic E-state index is 0.167. The van der Waals surface area contributed by atoms with Gasteiger partial charge in [-0.15, -0.1) is 6.42 Å².